The molecule has 0 spiro atoms. The van der Waals surface area contributed by atoms with Crippen molar-refractivity contribution in [2.45, 2.75) is 24.7 Å². The van der Waals surface area contributed by atoms with Gasteiger partial charge in [-0.25, -0.2) is 0 Å². The summed E-state index contributed by atoms with van der Waals surface area (Å²) in [6.07, 6.45) is 0. The first kappa shape index (κ1) is 40.7. The molecule has 2 aliphatic rings. The second-order valence-electron chi connectivity index (χ2n) is 19.5. The molecule has 12 aromatic rings. The van der Waals surface area contributed by atoms with E-state index in [2.05, 4.69) is 267 Å². The van der Waals surface area contributed by atoms with Crippen molar-refractivity contribution >= 4 is 59.3 Å². The molecule has 0 N–H and O–H groups in total. The summed E-state index contributed by atoms with van der Waals surface area (Å²) in [5, 5.41) is 5.19. The van der Waals surface area contributed by atoms with Gasteiger partial charge in [-0.15, -0.1) is 11.3 Å². The van der Waals surface area contributed by atoms with E-state index in [0.717, 1.165) is 17.1 Å². The van der Waals surface area contributed by atoms with Crippen LogP contribution in [0.25, 0.3) is 75.5 Å². The molecule has 0 saturated carbocycles. The highest BCUT2D eigenvalue weighted by molar-refractivity contribution is 7.26. The van der Waals surface area contributed by atoms with Gasteiger partial charge in [0.25, 0.3) is 0 Å². The van der Waals surface area contributed by atoms with Crippen molar-refractivity contribution in [1.82, 2.24) is 0 Å². The Bertz CT molecular complexity index is 4020. The number of nitrogens with zero attached hydrogens (tertiary/aromatic N) is 1. The summed E-state index contributed by atoms with van der Waals surface area (Å²) >= 11 is 1.93. The van der Waals surface area contributed by atoms with Crippen molar-refractivity contribution in [3.8, 4) is 44.5 Å². The van der Waals surface area contributed by atoms with Crippen molar-refractivity contribution in [1.29, 1.82) is 0 Å². The average molecular weight is 910 g/mol. The van der Waals surface area contributed by atoms with Crippen LogP contribution < -0.4 is 4.90 Å². The number of hydrogen-bond donors (Lipinski definition) is 0. The van der Waals surface area contributed by atoms with Crippen molar-refractivity contribution in [3.63, 3.8) is 0 Å². The van der Waals surface area contributed by atoms with Crippen LogP contribution in [0.4, 0.5) is 17.1 Å². The Labute approximate surface area is 413 Å². The van der Waals surface area contributed by atoms with E-state index in [9.17, 15) is 0 Å². The van der Waals surface area contributed by atoms with E-state index in [1.807, 2.05) is 11.3 Å². The molecule has 1 heterocycles. The normalized spacial score (nSPS) is 15.2. The van der Waals surface area contributed by atoms with Crippen molar-refractivity contribution < 1.29 is 0 Å². The molecule has 1 aromatic heterocycles. The molecule has 2 aliphatic carbocycles. The number of rotatable bonds is 7. The molecular weight excluding hydrogens is 863 g/mol. The molecule has 1 nitrogen and oxygen atoms in total. The van der Waals surface area contributed by atoms with Gasteiger partial charge in [0, 0.05) is 47.9 Å². The molecule has 0 amide bonds. The van der Waals surface area contributed by atoms with E-state index < -0.39 is 5.41 Å². The van der Waals surface area contributed by atoms with Gasteiger partial charge in [-0.3, -0.25) is 0 Å². The molecule has 0 bridgehead atoms. The van der Waals surface area contributed by atoms with Crippen molar-refractivity contribution in [2.24, 2.45) is 0 Å². The molecule has 0 fully saturated rings. The topological polar surface area (TPSA) is 3.24 Å². The number of para-hydroxylation sites is 1. The third-order valence-electron chi connectivity index (χ3n) is 15.5. The highest BCUT2D eigenvalue weighted by atomic mass is 32.1. The predicted molar refractivity (Wildman–Crippen MR) is 297 cm³/mol. The minimum absolute atomic E-state index is 0.144. The average Bonchev–Trinajstić information content (AvgIpc) is 4.03. The highest BCUT2D eigenvalue weighted by Crippen LogP contribution is 2.60. The van der Waals surface area contributed by atoms with Crippen LogP contribution >= 0.6 is 11.3 Å². The van der Waals surface area contributed by atoms with E-state index >= 15 is 0 Å². The predicted octanol–water partition coefficient (Wildman–Crippen LogP) is 18.7. The molecular formula is C68H47NS. The van der Waals surface area contributed by atoms with Crippen LogP contribution in [0.5, 0.6) is 0 Å². The van der Waals surface area contributed by atoms with Gasteiger partial charge in [0.1, 0.15) is 0 Å². The Balaban J connectivity index is 1.02. The van der Waals surface area contributed by atoms with Crippen LogP contribution in [0.15, 0.2) is 249 Å². The summed E-state index contributed by atoms with van der Waals surface area (Å²) < 4.78 is 2.72. The summed E-state index contributed by atoms with van der Waals surface area (Å²) in [7, 11) is 0. The van der Waals surface area contributed by atoms with Gasteiger partial charge in [0.05, 0.1) is 11.1 Å². The Morgan fingerprint density at radius 1 is 0.343 bits per heavy atom. The molecule has 1 atom stereocenters. The van der Waals surface area contributed by atoms with Gasteiger partial charge < -0.3 is 4.90 Å². The Kier molecular flexibility index (Phi) is 9.09. The summed E-state index contributed by atoms with van der Waals surface area (Å²) in [6.45, 7) is 4.81. The van der Waals surface area contributed by atoms with Gasteiger partial charge >= 0.3 is 0 Å². The zero-order chi connectivity index (χ0) is 46.6. The lowest BCUT2D eigenvalue weighted by molar-refractivity contribution is 0.661. The fourth-order valence-electron chi connectivity index (χ4n) is 12.4. The first-order chi connectivity index (χ1) is 34.5. The summed E-state index contributed by atoms with van der Waals surface area (Å²) in [5.74, 6) is 0. The van der Waals surface area contributed by atoms with Gasteiger partial charge in [-0.05, 0) is 120 Å². The first-order valence-electron chi connectivity index (χ1n) is 24.4. The molecule has 0 saturated heterocycles. The third-order valence-corrected chi connectivity index (χ3v) is 16.7. The number of benzene rings is 11. The number of fused-ring (bicyclic) bond motifs is 12. The molecule has 330 valence electrons. The number of anilines is 3. The molecule has 0 radical (unpaired) electrons. The third kappa shape index (κ3) is 5.84. The fourth-order valence-corrected chi connectivity index (χ4v) is 13.7. The SMILES string of the molecule is CC1(C)c2ccc3c(N(c4ccccc4)c4cccc(C5(c6ccccc6)c6ccc(-c7ccccc7)cc6-c6c(-c7ccccc7)cccc65)c4)cccc3c2-c2c1ccc1c2sc2ccccc21. The van der Waals surface area contributed by atoms with Crippen LogP contribution in [0.3, 0.4) is 0 Å². The zero-order valence-electron chi connectivity index (χ0n) is 39.0. The van der Waals surface area contributed by atoms with Crippen LogP contribution in [-0.2, 0) is 10.8 Å². The molecule has 11 aromatic carbocycles. The van der Waals surface area contributed by atoms with Crippen LogP contribution in [0, 0.1) is 0 Å². The largest absolute Gasteiger partial charge is 0.310 e. The maximum atomic E-state index is 2.49. The lowest BCUT2D eigenvalue weighted by Gasteiger charge is -2.35. The molecule has 1 unspecified atom stereocenters. The second kappa shape index (κ2) is 15.6. The monoisotopic (exact) mass is 909 g/mol. The Morgan fingerprint density at radius 2 is 0.943 bits per heavy atom. The van der Waals surface area contributed by atoms with Gasteiger partial charge in [-0.2, -0.15) is 0 Å². The van der Waals surface area contributed by atoms with Crippen molar-refractivity contribution in [2.75, 3.05) is 4.90 Å². The number of thiophene rings is 1. The molecule has 2 heteroatoms. The van der Waals surface area contributed by atoms with Crippen LogP contribution in [-0.4, -0.2) is 0 Å². The van der Waals surface area contributed by atoms with Crippen LogP contribution in [0.1, 0.15) is 47.2 Å². The lowest BCUT2D eigenvalue weighted by Crippen LogP contribution is -2.29. The standard InChI is InChI=1S/C68H47NS/c1-67(2)58-40-37-52-54(64(58)65-59(67)41-38-55-53-30-15-16-35-62(53)70-66(55)65)32-19-34-61(52)69(49-27-13-6-14-28-49)50-29-17-26-48(43-50)68(47-24-11-5-12-25-47)57-39-36-46(44-20-7-3-8-21-44)42-56(57)63-51(31-18-33-60(63)68)45-22-9-4-10-23-45/h3-43H,1-2H3. The summed E-state index contributed by atoms with van der Waals surface area (Å²) in [4.78, 5) is 2.49. The van der Waals surface area contributed by atoms with E-state index in [-0.39, 0.29) is 5.41 Å². The smallest absolute Gasteiger partial charge is 0.0714 e. The summed E-state index contributed by atoms with van der Waals surface area (Å²) in [6, 6.07) is 92.9. The Morgan fingerprint density at radius 3 is 1.73 bits per heavy atom. The zero-order valence-corrected chi connectivity index (χ0v) is 39.8. The second-order valence-corrected chi connectivity index (χ2v) is 20.6. The minimum Gasteiger partial charge on any atom is -0.310 e. The molecule has 14 rings (SSSR count). The lowest BCUT2D eigenvalue weighted by atomic mass is 9.67. The van der Waals surface area contributed by atoms with Gasteiger partial charge in [0.15, 0.2) is 0 Å². The van der Waals surface area contributed by atoms with E-state index in [1.54, 1.807) is 0 Å². The number of hydrogen-bond acceptors (Lipinski definition) is 2. The quantitative estimate of drug-likeness (QED) is 0.154. The summed E-state index contributed by atoms with van der Waals surface area (Å²) in [5.41, 5.74) is 20.6. The molecule has 0 aliphatic heterocycles. The maximum absolute atomic E-state index is 2.49. The van der Waals surface area contributed by atoms with Gasteiger partial charge in [-0.1, -0.05) is 220 Å². The Hall–Kier alpha value is -8.30. The fraction of sp³-hybridized carbons (Fsp3) is 0.0588. The maximum Gasteiger partial charge on any atom is 0.0714 e. The molecule has 70 heavy (non-hydrogen) atoms. The minimum atomic E-state index is -0.630. The van der Waals surface area contributed by atoms with Crippen LogP contribution in [0.2, 0.25) is 0 Å². The van der Waals surface area contributed by atoms with E-state index in [4.69, 9.17) is 0 Å². The highest BCUT2D eigenvalue weighted by Gasteiger charge is 2.47. The van der Waals surface area contributed by atoms with Gasteiger partial charge in [0.2, 0.25) is 0 Å². The van der Waals surface area contributed by atoms with E-state index in [0.29, 0.717) is 0 Å². The van der Waals surface area contributed by atoms with Crippen molar-refractivity contribution in [3.05, 3.63) is 282 Å². The van der Waals surface area contributed by atoms with E-state index in [1.165, 1.54) is 109 Å². The first-order valence-corrected chi connectivity index (χ1v) is 25.2.